The van der Waals surface area contributed by atoms with Crippen molar-refractivity contribution in [3.05, 3.63) is 13.8 Å². The summed E-state index contributed by atoms with van der Waals surface area (Å²) in [7, 11) is 0. The van der Waals surface area contributed by atoms with Gasteiger partial charge < -0.3 is 0 Å². The first-order chi connectivity index (χ1) is 4.81. The average molecular weight is 140 g/mol. The minimum Gasteiger partial charge on any atom is -0.0651 e. The minimum atomic E-state index is 0.685. The van der Waals surface area contributed by atoms with E-state index in [2.05, 4.69) is 20.8 Å². The highest BCUT2D eigenvalue weighted by atomic mass is 14.0. The maximum Gasteiger partial charge on any atom is -0.0417 e. The van der Waals surface area contributed by atoms with E-state index in [1.807, 2.05) is 0 Å². The van der Waals surface area contributed by atoms with Crippen molar-refractivity contribution in [2.45, 2.75) is 45.4 Å². The highest BCUT2D eigenvalue weighted by Crippen LogP contribution is 2.12. The molecule has 0 spiro atoms. The van der Waals surface area contributed by atoms with E-state index in [9.17, 15) is 0 Å². The Balaban J connectivity index is 2.89. The lowest BCUT2D eigenvalue weighted by molar-refractivity contribution is 0.518. The van der Waals surface area contributed by atoms with Gasteiger partial charge in [-0.3, -0.25) is 0 Å². The molecule has 0 nitrogen and oxygen atoms in total. The molecule has 0 aliphatic heterocycles. The summed E-state index contributed by atoms with van der Waals surface area (Å²) in [6.07, 6.45) is 7.60. The molecular weight excluding hydrogens is 120 g/mol. The lowest BCUT2D eigenvalue weighted by atomic mass is 10.0. The molecule has 0 rings (SSSR count). The van der Waals surface area contributed by atoms with Crippen molar-refractivity contribution in [3.8, 4) is 0 Å². The molecule has 0 N–H and O–H groups in total. The monoisotopic (exact) mass is 140 g/mol. The van der Waals surface area contributed by atoms with Crippen LogP contribution in [0.25, 0.3) is 0 Å². The van der Waals surface area contributed by atoms with E-state index in [0.717, 1.165) is 6.42 Å². The molecule has 0 aliphatic carbocycles. The van der Waals surface area contributed by atoms with Crippen molar-refractivity contribution in [2.24, 2.45) is 5.92 Å². The Morgan fingerprint density at radius 2 is 1.90 bits per heavy atom. The summed E-state index contributed by atoms with van der Waals surface area (Å²) in [5, 5.41) is 0. The topological polar surface area (TPSA) is 0 Å². The van der Waals surface area contributed by atoms with Crippen LogP contribution in [0.2, 0.25) is 0 Å². The summed E-state index contributed by atoms with van der Waals surface area (Å²) in [5.41, 5.74) is 0. The van der Waals surface area contributed by atoms with Crippen LogP contribution in [0.3, 0.4) is 0 Å². The molecule has 0 amide bonds. The van der Waals surface area contributed by atoms with Gasteiger partial charge in [-0.25, -0.2) is 0 Å². The first-order valence-electron chi connectivity index (χ1n) is 4.43. The van der Waals surface area contributed by atoms with Crippen molar-refractivity contribution >= 4 is 0 Å². The van der Waals surface area contributed by atoms with Crippen LogP contribution in [0, 0.1) is 19.8 Å². The van der Waals surface area contributed by atoms with Crippen LogP contribution in [-0.2, 0) is 0 Å². The second-order valence-corrected chi connectivity index (χ2v) is 2.98. The smallest absolute Gasteiger partial charge is 0.0417 e. The molecule has 0 aromatic carbocycles. The molecule has 0 fully saturated rings. The predicted octanol–water partition coefficient (Wildman–Crippen LogP) is 3.63. The highest BCUT2D eigenvalue weighted by molar-refractivity contribution is 4.58. The summed E-state index contributed by atoms with van der Waals surface area (Å²) in [6.45, 7) is 10.1. The van der Waals surface area contributed by atoms with Gasteiger partial charge in [0.05, 0.1) is 0 Å². The second kappa shape index (κ2) is 7.11. The van der Waals surface area contributed by atoms with Crippen molar-refractivity contribution in [2.75, 3.05) is 0 Å². The number of hydrogen-bond acceptors (Lipinski definition) is 0. The molecule has 0 saturated carbocycles. The Bertz CT molecular complexity index is 57.1. The van der Waals surface area contributed by atoms with Crippen molar-refractivity contribution in [1.29, 1.82) is 0 Å². The summed E-state index contributed by atoms with van der Waals surface area (Å²) in [4.78, 5) is 0. The Morgan fingerprint density at radius 1 is 1.20 bits per heavy atom. The standard InChI is InChI=1S/C10H20/c1-4-6-7-8-9-10(3)5-2/h10H,1,3-9H2,2H3. The van der Waals surface area contributed by atoms with Crippen LogP contribution >= 0.6 is 0 Å². The third-order valence-electron chi connectivity index (χ3n) is 1.94. The van der Waals surface area contributed by atoms with Crippen LogP contribution in [-0.4, -0.2) is 0 Å². The summed E-state index contributed by atoms with van der Waals surface area (Å²) < 4.78 is 0. The van der Waals surface area contributed by atoms with Crippen molar-refractivity contribution in [3.63, 3.8) is 0 Å². The van der Waals surface area contributed by atoms with Crippen LogP contribution in [0.4, 0.5) is 0 Å². The molecule has 10 heavy (non-hydrogen) atoms. The van der Waals surface area contributed by atoms with E-state index in [-0.39, 0.29) is 0 Å². The molecule has 1 atom stereocenters. The largest absolute Gasteiger partial charge is 0.0651 e. The second-order valence-electron chi connectivity index (χ2n) is 2.98. The molecule has 0 bridgehead atoms. The molecule has 0 aliphatic rings. The maximum atomic E-state index is 4.04. The van der Waals surface area contributed by atoms with Gasteiger partial charge in [-0.1, -0.05) is 59.3 Å². The SMILES string of the molecule is [CH2]CCCCCC([CH2])CC. The van der Waals surface area contributed by atoms with Crippen LogP contribution in [0.5, 0.6) is 0 Å². The molecule has 0 heteroatoms. The number of hydrogen-bond donors (Lipinski definition) is 0. The Labute approximate surface area is 66.0 Å². The molecule has 2 radical (unpaired) electrons. The molecule has 60 valence electrons. The first-order valence-corrected chi connectivity index (χ1v) is 4.43. The number of unbranched alkanes of at least 4 members (excludes halogenated alkanes) is 3. The fraction of sp³-hybridized carbons (Fsp3) is 0.800. The van der Waals surface area contributed by atoms with Gasteiger partial charge in [0.25, 0.3) is 0 Å². The van der Waals surface area contributed by atoms with E-state index >= 15 is 0 Å². The quantitative estimate of drug-likeness (QED) is 0.494. The lowest BCUT2D eigenvalue weighted by Crippen LogP contribution is -1.91. The van der Waals surface area contributed by atoms with Crippen molar-refractivity contribution < 1.29 is 0 Å². The summed E-state index contributed by atoms with van der Waals surface area (Å²) >= 11 is 0. The van der Waals surface area contributed by atoms with Gasteiger partial charge in [0.15, 0.2) is 0 Å². The zero-order valence-corrected chi connectivity index (χ0v) is 7.23. The third-order valence-corrected chi connectivity index (χ3v) is 1.94. The van der Waals surface area contributed by atoms with E-state index in [4.69, 9.17) is 0 Å². The third kappa shape index (κ3) is 6.12. The zero-order chi connectivity index (χ0) is 7.82. The Hall–Kier alpha value is 0. The molecule has 0 saturated heterocycles. The fourth-order valence-electron chi connectivity index (χ4n) is 0.991. The Morgan fingerprint density at radius 3 is 2.40 bits per heavy atom. The van der Waals surface area contributed by atoms with Crippen molar-refractivity contribution in [1.82, 2.24) is 0 Å². The van der Waals surface area contributed by atoms with Gasteiger partial charge in [-0.15, -0.1) is 0 Å². The van der Waals surface area contributed by atoms with Crippen LogP contribution < -0.4 is 0 Å². The van der Waals surface area contributed by atoms with E-state index < -0.39 is 0 Å². The van der Waals surface area contributed by atoms with E-state index in [1.54, 1.807) is 0 Å². The predicted molar refractivity (Wildman–Crippen MR) is 47.6 cm³/mol. The first kappa shape index (κ1) is 10.0. The highest BCUT2D eigenvalue weighted by Gasteiger charge is 1.96. The van der Waals surface area contributed by atoms with Crippen LogP contribution in [0.15, 0.2) is 0 Å². The van der Waals surface area contributed by atoms with Gasteiger partial charge in [0.2, 0.25) is 0 Å². The average Bonchev–Trinajstić information content (AvgIpc) is 1.98. The summed E-state index contributed by atoms with van der Waals surface area (Å²) in [6, 6.07) is 0. The minimum absolute atomic E-state index is 0.685. The molecular formula is C10H20. The molecule has 0 aromatic rings. The van der Waals surface area contributed by atoms with Crippen LogP contribution in [0.1, 0.15) is 45.4 Å². The molecule has 0 heterocycles. The number of rotatable bonds is 6. The van der Waals surface area contributed by atoms with Gasteiger partial charge >= 0.3 is 0 Å². The van der Waals surface area contributed by atoms with Gasteiger partial charge in [-0.05, 0) is 5.92 Å². The lowest BCUT2D eigenvalue weighted by Gasteiger charge is -2.06. The Kier molecular flexibility index (Phi) is 7.11. The van der Waals surface area contributed by atoms with E-state index in [1.165, 1.54) is 32.1 Å². The normalized spacial score (nSPS) is 13.5. The maximum absolute atomic E-state index is 4.04. The van der Waals surface area contributed by atoms with Gasteiger partial charge in [-0.2, -0.15) is 0 Å². The van der Waals surface area contributed by atoms with Gasteiger partial charge in [0.1, 0.15) is 0 Å². The molecule has 0 aromatic heterocycles. The zero-order valence-electron chi connectivity index (χ0n) is 7.23. The van der Waals surface area contributed by atoms with Gasteiger partial charge in [0, 0.05) is 0 Å². The molecule has 1 unspecified atom stereocenters. The van der Waals surface area contributed by atoms with E-state index in [0.29, 0.717) is 5.92 Å². The fourth-order valence-corrected chi connectivity index (χ4v) is 0.991. The summed E-state index contributed by atoms with van der Waals surface area (Å²) in [5.74, 6) is 0.685.